The number of carbonyl (C=O) groups excluding carboxylic acids is 1. The van der Waals surface area contributed by atoms with E-state index in [1.807, 2.05) is 0 Å². The minimum absolute atomic E-state index is 0.00561. The Morgan fingerprint density at radius 3 is 2.76 bits per heavy atom. The molecule has 0 saturated carbocycles. The summed E-state index contributed by atoms with van der Waals surface area (Å²) in [6.07, 6.45) is 1.48. The lowest BCUT2D eigenvalue weighted by Gasteiger charge is -2.12. The normalized spacial score (nSPS) is 12.1. The number of carbonyl (C=O) groups is 1. The van der Waals surface area contributed by atoms with Crippen molar-refractivity contribution in [3.05, 3.63) is 58.2 Å². The molecule has 2 rings (SSSR count). The number of nitrogens with two attached hydrogens (primary N) is 1. The van der Waals surface area contributed by atoms with Gasteiger partial charge < -0.3 is 14.9 Å². The van der Waals surface area contributed by atoms with Gasteiger partial charge in [-0.2, -0.15) is 0 Å². The zero-order chi connectivity index (χ0) is 15.6. The van der Waals surface area contributed by atoms with E-state index in [4.69, 9.17) is 22.7 Å². The number of halogens is 1. The van der Waals surface area contributed by atoms with Crippen molar-refractivity contribution < 1.29 is 13.6 Å². The Labute approximate surface area is 128 Å². The molecule has 2 aromatic rings. The SMILES string of the molecule is N=c1c(C(N)=O)cc(Cl)cn1Cc1cccc(S(=O)[O-])c1. The lowest BCUT2D eigenvalue weighted by atomic mass is 10.2. The molecule has 110 valence electrons. The van der Waals surface area contributed by atoms with Crippen molar-refractivity contribution in [2.24, 2.45) is 5.73 Å². The molecule has 0 fully saturated rings. The van der Waals surface area contributed by atoms with Gasteiger partial charge >= 0.3 is 0 Å². The van der Waals surface area contributed by atoms with Gasteiger partial charge in [-0.05, 0) is 34.8 Å². The Kier molecular flexibility index (Phi) is 4.56. The smallest absolute Gasteiger partial charge is 0.252 e. The van der Waals surface area contributed by atoms with Crippen LogP contribution in [-0.4, -0.2) is 19.2 Å². The lowest BCUT2D eigenvalue weighted by molar-refractivity contribution is 0.0997. The van der Waals surface area contributed by atoms with Crippen molar-refractivity contribution in [1.82, 2.24) is 4.57 Å². The molecule has 3 N–H and O–H groups in total. The molecule has 1 heterocycles. The lowest BCUT2D eigenvalue weighted by Crippen LogP contribution is -2.29. The molecule has 0 aliphatic heterocycles. The summed E-state index contributed by atoms with van der Waals surface area (Å²) in [4.78, 5) is 11.4. The van der Waals surface area contributed by atoms with Gasteiger partial charge in [-0.25, -0.2) is 0 Å². The summed E-state index contributed by atoms with van der Waals surface area (Å²) in [6.45, 7) is 0.199. The van der Waals surface area contributed by atoms with Gasteiger partial charge in [0.1, 0.15) is 5.49 Å². The zero-order valence-electron chi connectivity index (χ0n) is 10.7. The molecule has 21 heavy (non-hydrogen) atoms. The van der Waals surface area contributed by atoms with Crippen LogP contribution in [0.4, 0.5) is 0 Å². The molecular weight excluding hydrogens is 314 g/mol. The van der Waals surface area contributed by atoms with E-state index in [-0.39, 0.29) is 27.5 Å². The molecule has 1 unspecified atom stereocenters. The molecule has 1 amide bonds. The summed E-state index contributed by atoms with van der Waals surface area (Å²) >= 11 is 3.58. The first-order chi connectivity index (χ1) is 9.88. The topological polar surface area (TPSA) is 112 Å². The van der Waals surface area contributed by atoms with Crippen LogP contribution in [0.15, 0.2) is 41.4 Å². The molecular formula is C13H11ClN3O3S-. The number of pyridine rings is 1. The molecule has 1 atom stereocenters. The fourth-order valence-corrected chi connectivity index (χ4v) is 2.53. The summed E-state index contributed by atoms with van der Waals surface area (Å²) in [6, 6.07) is 7.59. The maximum atomic E-state index is 11.3. The fraction of sp³-hybridized carbons (Fsp3) is 0.0769. The number of aromatic nitrogens is 1. The average Bonchev–Trinajstić information content (AvgIpc) is 2.42. The van der Waals surface area contributed by atoms with Crippen LogP contribution in [0.5, 0.6) is 0 Å². The Balaban J connectivity index is 2.45. The van der Waals surface area contributed by atoms with Crippen LogP contribution in [0.1, 0.15) is 15.9 Å². The Morgan fingerprint density at radius 2 is 2.14 bits per heavy atom. The molecule has 6 nitrogen and oxygen atoms in total. The molecule has 0 saturated heterocycles. The third-order valence-corrected chi connectivity index (χ3v) is 3.66. The fourth-order valence-electron chi connectivity index (χ4n) is 1.87. The molecule has 0 spiro atoms. The molecule has 0 radical (unpaired) electrons. The largest absolute Gasteiger partial charge is 0.768 e. The van der Waals surface area contributed by atoms with E-state index in [0.29, 0.717) is 5.56 Å². The van der Waals surface area contributed by atoms with Crippen LogP contribution >= 0.6 is 11.6 Å². The van der Waals surface area contributed by atoms with E-state index in [9.17, 15) is 13.6 Å². The van der Waals surface area contributed by atoms with Gasteiger partial charge in [0.05, 0.1) is 10.6 Å². The summed E-state index contributed by atoms with van der Waals surface area (Å²) in [5.41, 5.74) is 5.78. The number of hydrogen-bond acceptors (Lipinski definition) is 4. The maximum absolute atomic E-state index is 11.3. The van der Waals surface area contributed by atoms with Crippen molar-refractivity contribution in [2.45, 2.75) is 11.4 Å². The van der Waals surface area contributed by atoms with Crippen LogP contribution in [-0.2, 0) is 17.6 Å². The van der Waals surface area contributed by atoms with Gasteiger partial charge in [-0.3, -0.25) is 14.4 Å². The number of primary amides is 1. The van der Waals surface area contributed by atoms with Gasteiger partial charge in [-0.15, -0.1) is 0 Å². The number of nitrogens with zero attached hydrogens (tertiary/aromatic N) is 1. The second-order valence-corrected chi connectivity index (χ2v) is 5.67. The third-order valence-electron chi connectivity index (χ3n) is 2.81. The molecule has 0 bridgehead atoms. The van der Waals surface area contributed by atoms with E-state index in [1.165, 1.54) is 29.0 Å². The maximum Gasteiger partial charge on any atom is 0.252 e. The van der Waals surface area contributed by atoms with Crippen LogP contribution in [0.2, 0.25) is 5.02 Å². The van der Waals surface area contributed by atoms with Gasteiger partial charge in [0.25, 0.3) is 5.91 Å². The molecule has 1 aromatic heterocycles. The highest BCUT2D eigenvalue weighted by atomic mass is 35.5. The predicted molar refractivity (Wildman–Crippen MR) is 76.5 cm³/mol. The van der Waals surface area contributed by atoms with Crippen LogP contribution < -0.4 is 11.2 Å². The van der Waals surface area contributed by atoms with Crippen molar-refractivity contribution in [3.63, 3.8) is 0 Å². The number of hydrogen-bond donors (Lipinski definition) is 2. The molecule has 0 aliphatic rings. The number of amides is 1. The first-order valence-electron chi connectivity index (χ1n) is 5.81. The van der Waals surface area contributed by atoms with Crippen molar-refractivity contribution in [3.8, 4) is 0 Å². The van der Waals surface area contributed by atoms with E-state index in [0.717, 1.165) is 0 Å². The molecule has 1 aromatic carbocycles. The third kappa shape index (κ3) is 3.57. The minimum Gasteiger partial charge on any atom is -0.768 e. The zero-order valence-corrected chi connectivity index (χ0v) is 12.3. The Morgan fingerprint density at radius 1 is 1.43 bits per heavy atom. The van der Waals surface area contributed by atoms with Crippen LogP contribution in [0.3, 0.4) is 0 Å². The summed E-state index contributed by atoms with van der Waals surface area (Å²) in [5, 5.41) is 8.21. The monoisotopic (exact) mass is 324 g/mol. The number of benzene rings is 1. The van der Waals surface area contributed by atoms with Gasteiger partial charge in [0.2, 0.25) is 0 Å². The predicted octanol–water partition coefficient (Wildman–Crippen LogP) is 1.01. The van der Waals surface area contributed by atoms with Crippen molar-refractivity contribution >= 4 is 28.6 Å². The van der Waals surface area contributed by atoms with E-state index >= 15 is 0 Å². The van der Waals surface area contributed by atoms with Crippen molar-refractivity contribution in [2.75, 3.05) is 0 Å². The summed E-state index contributed by atoms with van der Waals surface area (Å²) < 4.78 is 23.3. The van der Waals surface area contributed by atoms with Crippen LogP contribution in [0.25, 0.3) is 0 Å². The van der Waals surface area contributed by atoms with E-state index in [1.54, 1.807) is 12.1 Å². The standard InChI is InChI=1S/C13H12ClN3O3S/c14-9-5-11(13(16)18)12(15)17(7-9)6-8-2-1-3-10(4-8)21(19)20/h1-5,7,15H,6H2,(H2,16,18)(H,19,20)/p-1. The second-order valence-electron chi connectivity index (χ2n) is 4.29. The number of nitrogens with one attached hydrogen (secondary N) is 1. The summed E-state index contributed by atoms with van der Waals surface area (Å²) in [7, 11) is 0. The van der Waals surface area contributed by atoms with Crippen LogP contribution in [0, 0.1) is 5.41 Å². The van der Waals surface area contributed by atoms with E-state index in [2.05, 4.69) is 0 Å². The van der Waals surface area contributed by atoms with Gasteiger partial charge in [-0.1, -0.05) is 23.7 Å². The highest BCUT2D eigenvalue weighted by Gasteiger charge is 2.09. The highest BCUT2D eigenvalue weighted by Crippen LogP contribution is 2.12. The average molecular weight is 325 g/mol. The molecule has 8 heteroatoms. The molecule has 0 aliphatic carbocycles. The van der Waals surface area contributed by atoms with Gasteiger partial charge in [0, 0.05) is 17.6 Å². The minimum atomic E-state index is -2.33. The Hall–Kier alpha value is -1.96. The summed E-state index contributed by atoms with van der Waals surface area (Å²) in [5.74, 6) is -0.745. The van der Waals surface area contributed by atoms with Gasteiger partial charge in [0.15, 0.2) is 0 Å². The Bertz CT molecular complexity index is 788. The van der Waals surface area contributed by atoms with E-state index < -0.39 is 17.0 Å². The highest BCUT2D eigenvalue weighted by molar-refractivity contribution is 7.79. The number of rotatable bonds is 4. The first kappa shape index (κ1) is 15.4. The van der Waals surface area contributed by atoms with Crippen molar-refractivity contribution in [1.29, 1.82) is 5.41 Å². The quantitative estimate of drug-likeness (QED) is 0.818. The first-order valence-corrected chi connectivity index (χ1v) is 7.26. The second kappa shape index (κ2) is 6.21.